The first-order chi connectivity index (χ1) is 7.81. The standard InChI is InChI=1S/C11H16N4O/c12-13-11(16)10-7-8-5-3-1-2-4-6-9(8)14-15-10/h7H,1-6,12H2,(H,13,16). The summed E-state index contributed by atoms with van der Waals surface area (Å²) in [6.45, 7) is 0. The molecule has 1 aliphatic rings. The number of hydrogen-bond acceptors (Lipinski definition) is 4. The van der Waals surface area contributed by atoms with E-state index in [0.29, 0.717) is 5.69 Å². The van der Waals surface area contributed by atoms with Gasteiger partial charge in [0.05, 0.1) is 5.69 Å². The summed E-state index contributed by atoms with van der Waals surface area (Å²) in [5, 5.41) is 8.02. The predicted molar refractivity (Wildman–Crippen MR) is 59.6 cm³/mol. The van der Waals surface area contributed by atoms with Crippen LogP contribution >= 0.6 is 0 Å². The molecule has 0 spiro atoms. The summed E-state index contributed by atoms with van der Waals surface area (Å²) < 4.78 is 0. The second-order valence-electron chi connectivity index (χ2n) is 4.09. The Balaban J connectivity index is 2.28. The van der Waals surface area contributed by atoms with Gasteiger partial charge in [-0.05, 0) is 37.3 Å². The summed E-state index contributed by atoms with van der Waals surface area (Å²) in [5.41, 5.74) is 4.56. The van der Waals surface area contributed by atoms with E-state index >= 15 is 0 Å². The molecule has 5 nitrogen and oxygen atoms in total. The highest BCUT2D eigenvalue weighted by Gasteiger charge is 2.13. The van der Waals surface area contributed by atoms with E-state index in [1.807, 2.05) is 6.07 Å². The summed E-state index contributed by atoms with van der Waals surface area (Å²) in [6, 6.07) is 1.82. The minimum Gasteiger partial charge on any atom is -0.289 e. The third kappa shape index (κ3) is 2.36. The van der Waals surface area contributed by atoms with Crippen molar-refractivity contribution >= 4 is 5.91 Å². The number of nitrogens with two attached hydrogens (primary N) is 1. The van der Waals surface area contributed by atoms with E-state index < -0.39 is 0 Å². The molecule has 1 aliphatic carbocycles. The van der Waals surface area contributed by atoms with Crippen LogP contribution in [0.15, 0.2) is 6.07 Å². The van der Waals surface area contributed by atoms with Crippen LogP contribution in [0, 0.1) is 0 Å². The number of nitrogens with one attached hydrogen (secondary N) is 1. The highest BCUT2D eigenvalue weighted by Crippen LogP contribution is 2.18. The fourth-order valence-electron chi connectivity index (χ4n) is 2.03. The zero-order valence-electron chi connectivity index (χ0n) is 9.20. The Morgan fingerprint density at radius 1 is 1.19 bits per heavy atom. The van der Waals surface area contributed by atoms with Gasteiger partial charge in [0.15, 0.2) is 5.69 Å². The van der Waals surface area contributed by atoms with Gasteiger partial charge in [0.25, 0.3) is 5.91 Å². The second-order valence-corrected chi connectivity index (χ2v) is 4.09. The number of nitrogen functional groups attached to an aromatic ring is 1. The first-order valence-corrected chi connectivity index (χ1v) is 5.67. The molecule has 0 bridgehead atoms. The minimum atomic E-state index is -0.377. The Labute approximate surface area is 94.4 Å². The van der Waals surface area contributed by atoms with Gasteiger partial charge in [-0.3, -0.25) is 10.2 Å². The van der Waals surface area contributed by atoms with Crippen LogP contribution in [0.4, 0.5) is 0 Å². The molecule has 0 unspecified atom stereocenters. The van der Waals surface area contributed by atoms with Crippen molar-refractivity contribution in [3.05, 3.63) is 23.0 Å². The zero-order chi connectivity index (χ0) is 11.4. The summed E-state index contributed by atoms with van der Waals surface area (Å²) in [5.74, 6) is 4.69. The number of rotatable bonds is 1. The van der Waals surface area contributed by atoms with Crippen molar-refractivity contribution in [3.8, 4) is 0 Å². The van der Waals surface area contributed by atoms with Crippen molar-refractivity contribution in [2.45, 2.75) is 38.5 Å². The van der Waals surface area contributed by atoms with Crippen molar-refractivity contribution in [2.75, 3.05) is 0 Å². The van der Waals surface area contributed by atoms with Crippen LogP contribution in [-0.2, 0) is 12.8 Å². The highest BCUT2D eigenvalue weighted by atomic mass is 16.2. The van der Waals surface area contributed by atoms with Crippen molar-refractivity contribution < 1.29 is 4.79 Å². The molecule has 1 aromatic heterocycles. The van der Waals surface area contributed by atoms with Gasteiger partial charge < -0.3 is 0 Å². The number of hydrogen-bond donors (Lipinski definition) is 2. The van der Waals surface area contributed by atoms with E-state index in [1.54, 1.807) is 0 Å². The maximum atomic E-state index is 11.3. The number of amides is 1. The molecule has 1 amide bonds. The normalized spacial score (nSPS) is 15.8. The minimum absolute atomic E-state index is 0.307. The van der Waals surface area contributed by atoms with Gasteiger partial charge in [-0.2, -0.15) is 5.10 Å². The number of nitrogens with zero attached hydrogens (tertiary/aromatic N) is 2. The van der Waals surface area contributed by atoms with Gasteiger partial charge >= 0.3 is 0 Å². The quantitative estimate of drug-likeness (QED) is 0.415. The molecule has 0 radical (unpaired) electrons. The molecule has 0 saturated heterocycles. The molecule has 0 atom stereocenters. The van der Waals surface area contributed by atoms with Crippen LogP contribution < -0.4 is 11.3 Å². The predicted octanol–water partition coefficient (Wildman–Crippen LogP) is 0.739. The summed E-state index contributed by atoms with van der Waals surface area (Å²) >= 11 is 0. The van der Waals surface area contributed by atoms with Crippen molar-refractivity contribution in [1.29, 1.82) is 0 Å². The van der Waals surface area contributed by atoms with Gasteiger partial charge in [0.2, 0.25) is 0 Å². The largest absolute Gasteiger partial charge is 0.289 e. The number of fused-ring (bicyclic) bond motifs is 1. The topological polar surface area (TPSA) is 80.9 Å². The van der Waals surface area contributed by atoms with Crippen molar-refractivity contribution in [3.63, 3.8) is 0 Å². The van der Waals surface area contributed by atoms with Crippen molar-refractivity contribution in [1.82, 2.24) is 15.6 Å². The number of hydrazine groups is 1. The van der Waals surface area contributed by atoms with Gasteiger partial charge in [-0.25, -0.2) is 5.84 Å². The van der Waals surface area contributed by atoms with Crippen molar-refractivity contribution in [2.24, 2.45) is 5.84 Å². The molecule has 1 heterocycles. The molecule has 16 heavy (non-hydrogen) atoms. The Hall–Kier alpha value is -1.49. The van der Waals surface area contributed by atoms with E-state index in [-0.39, 0.29) is 5.91 Å². The fourth-order valence-corrected chi connectivity index (χ4v) is 2.03. The first-order valence-electron chi connectivity index (χ1n) is 5.67. The smallest absolute Gasteiger partial charge is 0.285 e. The lowest BCUT2D eigenvalue weighted by Gasteiger charge is -2.12. The van der Waals surface area contributed by atoms with Crippen LogP contribution in [0.1, 0.15) is 47.4 Å². The molecular weight excluding hydrogens is 204 g/mol. The highest BCUT2D eigenvalue weighted by molar-refractivity contribution is 5.91. The Kier molecular flexibility index (Phi) is 3.46. The monoisotopic (exact) mass is 220 g/mol. The molecule has 0 fully saturated rings. The lowest BCUT2D eigenvalue weighted by atomic mass is 9.97. The number of aromatic nitrogens is 2. The van der Waals surface area contributed by atoms with Gasteiger partial charge in [-0.1, -0.05) is 12.8 Å². The summed E-state index contributed by atoms with van der Waals surface area (Å²) in [7, 11) is 0. The van der Waals surface area contributed by atoms with Gasteiger partial charge in [0.1, 0.15) is 0 Å². The van der Waals surface area contributed by atoms with Crippen LogP contribution in [0.5, 0.6) is 0 Å². The van der Waals surface area contributed by atoms with Gasteiger partial charge in [0, 0.05) is 0 Å². The lowest BCUT2D eigenvalue weighted by molar-refractivity contribution is 0.0947. The SMILES string of the molecule is NNC(=O)c1cc2c(nn1)CCCCCC2. The average molecular weight is 220 g/mol. The zero-order valence-corrected chi connectivity index (χ0v) is 9.20. The molecule has 86 valence electrons. The number of aryl methyl sites for hydroxylation is 2. The summed E-state index contributed by atoms with van der Waals surface area (Å²) in [6.07, 6.45) is 6.77. The molecule has 1 aromatic rings. The number of carbonyl (C=O) groups is 1. The Bertz CT molecular complexity index is 392. The molecule has 0 saturated carbocycles. The maximum Gasteiger partial charge on any atom is 0.285 e. The third-order valence-electron chi connectivity index (χ3n) is 2.93. The van der Waals surface area contributed by atoms with E-state index in [2.05, 4.69) is 15.6 Å². The second kappa shape index (κ2) is 5.03. The van der Waals surface area contributed by atoms with E-state index in [0.717, 1.165) is 36.9 Å². The lowest BCUT2D eigenvalue weighted by Crippen LogP contribution is -2.31. The van der Waals surface area contributed by atoms with E-state index in [9.17, 15) is 4.79 Å². The molecule has 5 heteroatoms. The molecule has 0 aliphatic heterocycles. The molecular formula is C11H16N4O. The summed E-state index contributed by atoms with van der Waals surface area (Å²) in [4.78, 5) is 11.3. The maximum absolute atomic E-state index is 11.3. The fraction of sp³-hybridized carbons (Fsp3) is 0.545. The molecule has 0 aromatic carbocycles. The Morgan fingerprint density at radius 3 is 2.69 bits per heavy atom. The first kappa shape index (κ1) is 11.0. The average Bonchev–Trinajstić information content (AvgIpc) is 2.28. The van der Waals surface area contributed by atoms with Crippen LogP contribution in [0.25, 0.3) is 0 Å². The van der Waals surface area contributed by atoms with Crippen LogP contribution in [0.3, 0.4) is 0 Å². The van der Waals surface area contributed by atoms with Crippen LogP contribution in [-0.4, -0.2) is 16.1 Å². The van der Waals surface area contributed by atoms with Gasteiger partial charge in [-0.15, -0.1) is 5.10 Å². The van der Waals surface area contributed by atoms with Crippen LogP contribution in [0.2, 0.25) is 0 Å². The molecule has 3 N–H and O–H groups in total. The van der Waals surface area contributed by atoms with E-state index in [1.165, 1.54) is 12.8 Å². The third-order valence-corrected chi connectivity index (χ3v) is 2.93. The molecule has 2 rings (SSSR count). The number of carbonyl (C=O) groups excluding carboxylic acids is 1. The Morgan fingerprint density at radius 2 is 1.94 bits per heavy atom. The van der Waals surface area contributed by atoms with E-state index in [4.69, 9.17) is 5.84 Å².